The lowest BCUT2D eigenvalue weighted by atomic mass is 9.97. The maximum Gasteiger partial charge on any atom is 0.257 e. The standard InChI is InChI=1S/C20H23N5O/c26-20(18-15-21-23-19(18)16-7-2-1-3-8-16)25-13-5-4-9-17(25)10-14-24-12-6-11-22-24/h1-3,6-8,11-12,15,17H,4-5,9-10,13-14H2,(H,21,23)/t17-/m1/s1. The Balaban J connectivity index is 1.53. The summed E-state index contributed by atoms with van der Waals surface area (Å²) in [6.07, 6.45) is 9.62. The summed E-state index contributed by atoms with van der Waals surface area (Å²) in [7, 11) is 0. The number of aromatic nitrogens is 4. The number of piperidine rings is 1. The summed E-state index contributed by atoms with van der Waals surface area (Å²) in [5.74, 6) is 0.0720. The number of likely N-dealkylation sites (tertiary alicyclic amines) is 1. The molecule has 1 saturated heterocycles. The van der Waals surface area contributed by atoms with Crippen LogP contribution in [0.2, 0.25) is 0 Å². The maximum absolute atomic E-state index is 13.3. The number of amides is 1. The second kappa shape index (κ2) is 7.56. The molecule has 1 atom stereocenters. The zero-order valence-corrected chi connectivity index (χ0v) is 14.7. The Morgan fingerprint density at radius 1 is 1.19 bits per heavy atom. The van der Waals surface area contributed by atoms with E-state index < -0.39 is 0 Å². The van der Waals surface area contributed by atoms with Crippen LogP contribution in [-0.2, 0) is 6.54 Å². The van der Waals surface area contributed by atoms with Crippen LogP contribution in [0, 0.1) is 0 Å². The van der Waals surface area contributed by atoms with Crippen molar-refractivity contribution in [3.8, 4) is 11.3 Å². The molecule has 1 fully saturated rings. The average molecular weight is 349 g/mol. The molecule has 2 aromatic heterocycles. The largest absolute Gasteiger partial charge is 0.335 e. The first-order valence-corrected chi connectivity index (χ1v) is 9.20. The van der Waals surface area contributed by atoms with Crippen LogP contribution >= 0.6 is 0 Å². The van der Waals surface area contributed by atoms with Gasteiger partial charge in [-0.2, -0.15) is 10.2 Å². The molecule has 0 spiro atoms. The zero-order chi connectivity index (χ0) is 17.8. The fourth-order valence-electron chi connectivity index (χ4n) is 3.71. The molecule has 1 aliphatic heterocycles. The minimum atomic E-state index is 0.0720. The van der Waals surface area contributed by atoms with Crippen molar-refractivity contribution in [2.75, 3.05) is 6.54 Å². The molecule has 6 nitrogen and oxygen atoms in total. The minimum Gasteiger partial charge on any atom is -0.335 e. The molecule has 26 heavy (non-hydrogen) atoms. The first kappa shape index (κ1) is 16.6. The molecule has 3 heterocycles. The lowest BCUT2D eigenvalue weighted by Gasteiger charge is -2.36. The molecule has 0 unspecified atom stereocenters. The molecule has 1 amide bonds. The Morgan fingerprint density at radius 2 is 2.08 bits per heavy atom. The number of hydrogen-bond acceptors (Lipinski definition) is 3. The fraction of sp³-hybridized carbons (Fsp3) is 0.350. The fourth-order valence-corrected chi connectivity index (χ4v) is 3.71. The summed E-state index contributed by atoms with van der Waals surface area (Å²) >= 11 is 0. The molecular weight excluding hydrogens is 326 g/mol. The van der Waals surface area contributed by atoms with Gasteiger partial charge in [0.05, 0.1) is 17.5 Å². The van der Waals surface area contributed by atoms with E-state index in [-0.39, 0.29) is 11.9 Å². The topological polar surface area (TPSA) is 66.8 Å². The summed E-state index contributed by atoms with van der Waals surface area (Å²) < 4.78 is 1.94. The molecule has 0 saturated carbocycles. The van der Waals surface area contributed by atoms with Crippen molar-refractivity contribution in [1.82, 2.24) is 24.9 Å². The Kier molecular flexibility index (Phi) is 4.82. The molecule has 0 aliphatic carbocycles. The molecule has 1 aliphatic rings. The van der Waals surface area contributed by atoms with Crippen LogP contribution in [0.25, 0.3) is 11.3 Å². The second-order valence-electron chi connectivity index (χ2n) is 6.73. The third kappa shape index (κ3) is 3.40. The number of benzene rings is 1. The predicted molar refractivity (Wildman–Crippen MR) is 99.5 cm³/mol. The van der Waals surface area contributed by atoms with Gasteiger partial charge in [-0.05, 0) is 31.7 Å². The van der Waals surface area contributed by atoms with Crippen LogP contribution in [0.4, 0.5) is 0 Å². The molecule has 4 rings (SSSR count). The Bertz CT molecular complexity index is 840. The summed E-state index contributed by atoms with van der Waals surface area (Å²) in [6.45, 7) is 1.64. The van der Waals surface area contributed by atoms with E-state index in [4.69, 9.17) is 0 Å². The summed E-state index contributed by atoms with van der Waals surface area (Å²) in [4.78, 5) is 15.3. The molecule has 1 aromatic carbocycles. The first-order valence-electron chi connectivity index (χ1n) is 9.20. The highest BCUT2D eigenvalue weighted by atomic mass is 16.2. The van der Waals surface area contributed by atoms with Gasteiger partial charge in [0.25, 0.3) is 5.91 Å². The molecule has 3 aromatic rings. The summed E-state index contributed by atoms with van der Waals surface area (Å²) in [5, 5.41) is 11.4. The quantitative estimate of drug-likeness (QED) is 0.768. The van der Waals surface area contributed by atoms with Crippen molar-refractivity contribution in [2.24, 2.45) is 0 Å². The normalized spacial score (nSPS) is 17.4. The predicted octanol–water partition coefficient (Wildman–Crippen LogP) is 3.36. The van der Waals surface area contributed by atoms with Crippen molar-refractivity contribution in [2.45, 2.75) is 38.3 Å². The van der Waals surface area contributed by atoms with Gasteiger partial charge in [-0.25, -0.2) is 0 Å². The van der Waals surface area contributed by atoms with E-state index in [0.717, 1.165) is 43.6 Å². The summed E-state index contributed by atoms with van der Waals surface area (Å²) in [6, 6.07) is 12.1. The molecular formula is C20H23N5O. The van der Waals surface area contributed by atoms with Crippen LogP contribution < -0.4 is 0 Å². The van der Waals surface area contributed by atoms with E-state index >= 15 is 0 Å². The number of rotatable bonds is 5. The first-order chi connectivity index (χ1) is 12.8. The molecule has 0 radical (unpaired) electrons. The van der Waals surface area contributed by atoms with E-state index in [2.05, 4.69) is 15.3 Å². The van der Waals surface area contributed by atoms with Crippen molar-refractivity contribution in [3.63, 3.8) is 0 Å². The zero-order valence-electron chi connectivity index (χ0n) is 14.7. The Labute approximate surface area is 152 Å². The van der Waals surface area contributed by atoms with Gasteiger partial charge in [-0.1, -0.05) is 30.3 Å². The number of carbonyl (C=O) groups is 1. The van der Waals surface area contributed by atoms with Gasteiger partial charge in [0.15, 0.2) is 0 Å². The van der Waals surface area contributed by atoms with Gasteiger partial charge >= 0.3 is 0 Å². The number of H-pyrrole nitrogens is 1. The van der Waals surface area contributed by atoms with E-state index in [1.165, 1.54) is 6.42 Å². The van der Waals surface area contributed by atoms with Gasteiger partial charge in [0.2, 0.25) is 0 Å². The van der Waals surface area contributed by atoms with Gasteiger partial charge in [0.1, 0.15) is 0 Å². The lowest BCUT2D eigenvalue weighted by molar-refractivity contribution is 0.0595. The molecule has 0 bridgehead atoms. The highest BCUT2D eigenvalue weighted by Crippen LogP contribution is 2.26. The van der Waals surface area contributed by atoms with Crippen LogP contribution in [-0.4, -0.2) is 43.4 Å². The summed E-state index contributed by atoms with van der Waals surface area (Å²) in [5.41, 5.74) is 2.44. The van der Waals surface area contributed by atoms with Gasteiger partial charge in [-0.3, -0.25) is 14.6 Å². The third-order valence-electron chi connectivity index (χ3n) is 5.07. The van der Waals surface area contributed by atoms with E-state index in [0.29, 0.717) is 5.56 Å². The highest BCUT2D eigenvalue weighted by molar-refractivity contribution is 6.00. The number of aryl methyl sites for hydroxylation is 1. The average Bonchev–Trinajstić information content (AvgIpc) is 3.38. The number of carbonyl (C=O) groups excluding carboxylic acids is 1. The molecule has 134 valence electrons. The maximum atomic E-state index is 13.3. The van der Waals surface area contributed by atoms with Gasteiger partial charge in [-0.15, -0.1) is 0 Å². The van der Waals surface area contributed by atoms with Crippen LogP contribution in [0.1, 0.15) is 36.0 Å². The Morgan fingerprint density at radius 3 is 2.88 bits per heavy atom. The van der Waals surface area contributed by atoms with Crippen molar-refractivity contribution < 1.29 is 4.79 Å². The lowest BCUT2D eigenvalue weighted by Crippen LogP contribution is -2.44. The number of hydrogen-bond donors (Lipinski definition) is 1. The number of nitrogens with zero attached hydrogens (tertiary/aromatic N) is 4. The monoisotopic (exact) mass is 349 g/mol. The molecule has 1 N–H and O–H groups in total. The molecule has 6 heteroatoms. The van der Waals surface area contributed by atoms with E-state index in [1.54, 1.807) is 12.4 Å². The van der Waals surface area contributed by atoms with Crippen LogP contribution in [0.3, 0.4) is 0 Å². The Hall–Kier alpha value is -2.89. The smallest absolute Gasteiger partial charge is 0.257 e. The second-order valence-corrected chi connectivity index (χ2v) is 6.73. The van der Waals surface area contributed by atoms with Crippen LogP contribution in [0.5, 0.6) is 0 Å². The SMILES string of the molecule is O=C(c1cn[nH]c1-c1ccccc1)N1CCCC[C@@H]1CCn1cccn1. The van der Waals surface area contributed by atoms with E-state index in [1.807, 2.05) is 52.2 Å². The van der Waals surface area contributed by atoms with Crippen LogP contribution in [0.15, 0.2) is 55.0 Å². The third-order valence-corrected chi connectivity index (χ3v) is 5.07. The van der Waals surface area contributed by atoms with Gasteiger partial charge < -0.3 is 4.90 Å². The van der Waals surface area contributed by atoms with Crippen molar-refractivity contribution >= 4 is 5.91 Å². The number of nitrogens with one attached hydrogen (secondary N) is 1. The minimum absolute atomic E-state index is 0.0720. The number of aromatic amines is 1. The van der Waals surface area contributed by atoms with Crippen molar-refractivity contribution in [3.05, 3.63) is 60.6 Å². The van der Waals surface area contributed by atoms with Crippen molar-refractivity contribution in [1.29, 1.82) is 0 Å². The van der Waals surface area contributed by atoms with E-state index in [9.17, 15) is 4.79 Å². The van der Waals surface area contributed by atoms with Gasteiger partial charge in [0, 0.05) is 37.1 Å². The highest BCUT2D eigenvalue weighted by Gasteiger charge is 2.29.